The van der Waals surface area contributed by atoms with Gasteiger partial charge in [0.15, 0.2) is 0 Å². The normalized spacial score (nSPS) is 10.3. The molecule has 0 atom stereocenters. The van der Waals surface area contributed by atoms with Crippen molar-refractivity contribution in [1.29, 1.82) is 0 Å². The van der Waals surface area contributed by atoms with Gasteiger partial charge in [-0.3, -0.25) is 0 Å². The summed E-state index contributed by atoms with van der Waals surface area (Å²) in [7, 11) is 0. The zero-order valence-electron chi connectivity index (χ0n) is 21.6. The quantitative estimate of drug-likeness (QED) is 0.123. The molecule has 206 valence electrons. The van der Waals surface area contributed by atoms with Crippen LogP contribution in [0, 0.1) is 5.82 Å². The maximum Gasteiger partial charge on any atom is 0.335 e. The molecule has 0 N–H and O–H groups in total. The molecule has 0 aliphatic carbocycles. The predicted molar refractivity (Wildman–Crippen MR) is 151 cm³/mol. The van der Waals surface area contributed by atoms with Gasteiger partial charge < -0.3 is 18.9 Å². The van der Waals surface area contributed by atoms with Crippen LogP contribution in [0.2, 0.25) is 0 Å². The van der Waals surface area contributed by atoms with E-state index in [-0.39, 0.29) is 28.6 Å². The highest BCUT2D eigenvalue weighted by molar-refractivity contribution is 5.86. The molecule has 0 aromatic heterocycles. The number of benzene rings is 3. The Morgan fingerprint density at radius 3 is 1.34 bits per heavy atom. The Balaban J connectivity index is 1.95. The number of hydrogen-bond donors (Lipinski definition) is 0. The molecule has 0 bridgehead atoms. The Hall–Kier alpha value is -5.83. The van der Waals surface area contributed by atoms with Gasteiger partial charge in [0.25, 0.3) is 0 Å². The molecule has 0 spiro atoms. The molecule has 3 aromatic carbocycles. The van der Waals surface area contributed by atoms with E-state index in [1.807, 2.05) is 0 Å². The van der Waals surface area contributed by atoms with E-state index in [4.69, 9.17) is 18.9 Å². The third-order valence-electron chi connectivity index (χ3n) is 5.11. The minimum atomic E-state index is -0.736. The molecule has 0 aliphatic heterocycles. The third kappa shape index (κ3) is 8.59. The van der Waals surface area contributed by atoms with Gasteiger partial charge in [0.2, 0.25) is 0 Å². The summed E-state index contributed by atoms with van der Waals surface area (Å²) in [6, 6.07) is 12.9. The van der Waals surface area contributed by atoms with Crippen molar-refractivity contribution < 1.29 is 42.5 Å². The van der Waals surface area contributed by atoms with Gasteiger partial charge in [0, 0.05) is 42.0 Å². The van der Waals surface area contributed by atoms with Crippen LogP contribution in [0.3, 0.4) is 0 Å². The van der Waals surface area contributed by atoms with Crippen LogP contribution in [0.1, 0.15) is 11.1 Å². The van der Waals surface area contributed by atoms with E-state index in [9.17, 15) is 19.2 Å². The first-order valence-corrected chi connectivity index (χ1v) is 11.8. The number of hydrogen-bond acceptors (Lipinski definition) is 8. The van der Waals surface area contributed by atoms with Crippen LogP contribution < -0.4 is 18.9 Å². The van der Waals surface area contributed by atoms with Crippen molar-refractivity contribution in [2.45, 2.75) is 0 Å². The fourth-order valence-corrected chi connectivity index (χ4v) is 3.32. The van der Waals surface area contributed by atoms with Crippen LogP contribution in [0.25, 0.3) is 23.3 Å². The maximum atomic E-state index is 15.2. The summed E-state index contributed by atoms with van der Waals surface area (Å²) in [5, 5.41) is 0. The van der Waals surface area contributed by atoms with E-state index in [0.717, 1.165) is 24.3 Å². The average molecular weight is 555 g/mol. The van der Waals surface area contributed by atoms with Crippen molar-refractivity contribution in [2.75, 3.05) is 0 Å². The van der Waals surface area contributed by atoms with Crippen LogP contribution in [-0.2, 0) is 19.2 Å². The first-order chi connectivity index (χ1) is 19.6. The van der Waals surface area contributed by atoms with Gasteiger partial charge >= 0.3 is 23.9 Å². The molecule has 0 heterocycles. The summed E-state index contributed by atoms with van der Waals surface area (Å²) in [4.78, 5) is 46.7. The lowest BCUT2D eigenvalue weighted by molar-refractivity contribution is -0.130. The highest BCUT2D eigenvalue weighted by atomic mass is 19.1. The Labute approximate surface area is 234 Å². The highest BCUT2D eigenvalue weighted by Crippen LogP contribution is 2.32. The van der Waals surface area contributed by atoms with Gasteiger partial charge in [-0.25, -0.2) is 23.6 Å². The van der Waals surface area contributed by atoms with Gasteiger partial charge in [-0.2, -0.15) is 0 Å². The van der Waals surface area contributed by atoms with E-state index in [1.165, 1.54) is 60.7 Å². The monoisotopic (exact) mass is 554 g/mol. The Kier molecular flexibility index (Phi) is 10.0. The third-order valence-corrected chi connectivity index (χ3v) is 5.11. The van der Waals surface area contributed by atoms with Gasteiger partial charge in [0.05, 0.1) is 0 Å². The number of rotatable bonds is 11. The SMILES string of the molecule is C=CC(=O)Oc1cc(/C=C/c2ccc(-c3cc(OC(=O)C=C)cc(OC(=O)C=C)c3)cc2F)cc(OC(=O)C=C)c1. The van der Waals surface area contributed by atoms with Crippen LogP contribution in [0.15, 0.2) is 105 Å². The molecule has 3 rings (SSSR count). The summed E-state index contributed by atoms with van der Waals surface area (Å²) in [6.07, 6.45) is 6.87. The second-order valence-electron chi connectivity index (χ2n) is 8.00. The summed E-state index contributed by atoms with van der Waals surface area (Å²) in [5.41, 5.74) is 1.41. The molecule has 9 heteroatoms. The Morgan fingerprint density at radius 2 is 0.951 bits per heavy atom. The molecule has 3 aromatic rings. The fourth-order valence-electron chi connectivity index (χ4n) is 3.32. The number of halogens is 1. The smallest absolute Gasteiger partial charge is 0.335 e. The van der Waals surface area contributed by atoms with Crippen molar-refractivity contribution in [2.24, 2.45) is 0 Å². The number of carbonyl (C=O) groups is 4. The summed E-state index contributed by atoms with van der Waals surface area (Å²) in [5.74, 6) is -3.28. The van der Waals surface area contributed by atoms with E-state index in [2.05, 4.69) is 26.3 Å². The van der Waals surface area contributed by atoms with Crippen molar-refractivity contribution in [1.82, 2.24) is 0 Å². The molecule has 0 radical (unpaired) electrons. The lowest BCUT2D eigenvalue weighted by Crippen LogP contribution is -2.06. The van der Waals surface area contributed by atoms with Crippen LogP contribution >= 0.6 is 0 Å². The minimum absolute atomic E-state index is 0.0497. The lowest BCUT2D eigenvalue weighted by Gasteiger charge is -2.10. The summed E-state index contributed by atoms with van der Waals surface area (Å²) < 4.78 is 35.7. The van der Waals surface area contributed by atoms with Crippen LogP contribution in [-0.4, -0.2) is 23.9 Å². The maximum absolute atomic E-state index is 15.2. The standard InChI is InChI=1S/C32H23FO8/c1-5-29(34)38-24-13-20(14-25(18-24)39-30(35)6-2)9-10-21-11-12-22(17-28(21)33)23-15-26(40-31(36)7-3)19-27(16-23)41-32(37)8-4/h5-19H,1-4H2/b10-9+. The Bertz CT molecular complexity index is 1520. The van der Waals surface area contributed by atoms with Gasteiger partial charge in [-0.1, -0.05) is 50.6 Å². The van der Waals surface area contributed by atoms with Crippen molar-refractivity contribution in [3.8, 4) is 34.1 Å². The van der Waals surface area contributed by atoms with E-state index in [0.29, 0.717) is 16.7 Å². The molecule has 0 saturated carbocycles. The molecule has 0 fully saturated rings. The zero-order chi connectivity index (χ0) is 29.9. The Morgan fingerprint density at radius 1 is 0.537 bits per heavy atom. The fraction of sp³-hybridized carbons (Fsp3) is 0. The van der Waals surface area contributed by atoms with Gasteiger partial charge in [-0.15, -0.1) is 0 Å². The largest absolute Gasteiger partial charge is 0.423 e. The molecule has 41 heavy (non-hydrogen) atoms. The number of esters is 4. The van der Waals surface area contributed by atoms with E-state index < -0.39 is 29.7 Å². The molecule has 0 unspecified atom stereocenters. The molecule has 8 nitrogen and oxygen atoms in total. The zero-order valence-corrected chi connectivity index (χ0v) is 21.6. The first-order valence-electron chi connectivity index (χ1n) is 11.8. The van der Waals surface area contributed by atoms with Crippen molar-refractivity contribution >= 4 is 36.0 Å². The highest BCUT2D eigenvalue weighted by Gasteiger charge is 2.12. The molecular weight excluding hydrogens is 531 g/mol. The second-order valence-corrected chi connectivity index (χ2v) is 8.00. The predicted octanol–water partition coefficient (Wildman–Crippen LogP) is 6.03. The molecule has 0 saturated heterocycles. The minimum Gasteiger partial charge on any atom is -0.423 e. The number of ether oxygens (including phenoxy) is 4. The molecule has 0 amide bonds. The first kappa shape index (κ1) is 29.7. The van der Waals surface area contributed by atoms with Crippen LogP contribution in [0.4, 0.5) is 4.39 Å². The molecular formula is C32H23FO8. The van der Waals surface area contributed by atoms with Gasteiger partial charge in [-0.05, 0) is 47.0 Å². The van der Waals surface area contributed by atoms with Crippen LogP contribution in [0.5, 0.6) is 23.0 Å². The van der Waals surface area contributed by atoms with E-state index in [1.54, 1.807) is 6.07 Å². The van der Waals surface area contributed by atoms with Crippen molar-refractivity contribution in [3.63, 3.8) is 0 Å². The topological polar surface area (TPSA) is 105 Å². The second kappa shape index (κ2) is 13.8. The lowest BCUT2D eigenvalue weighted by atomic mass is 10.0. The average Bonchev–Trinajstić information content (AvgIpc) is 2.95. The molecule has 0 aliphatic rings. The summed E-state index contributed by atoms with van der Waals surface area (Å²) >= 11 is 0. The number of carbonyl (C=O) groups excluding carboxylic acids is 4. The van der Waals surface area contributed by atoms with Gasteiger partial charge in [0.1, 0.15) is 28.8 Å². The van der Waals surface area contributed by atoms with Crippen molar-refractivity contribution in [3.05, 3.63) is 122 Å². The van der Waals surface area contributed by atoms with E-state index >= 15 is 4.39 Å². The summed E-state index contributed by atoms with van der Waals surface area (Å²) in [6.45, 7) is 13.4.